The summed E-state index contributed by atoms with van der Waals surface area (Å²) >= 11 is 0. The van der Waals surface area contributed by atoms with E-state index in [4.69, 9.17) is 4.74 Å². The summed E-state index contributed by atoms with van der Waals surface area (Å²) < 4.78 is 5.41. The zero-order valence-corrected chi connectivity index (χ0v) is 11.1. The Morgan fingerprint density at radius 2 is 2.12 bits per heavy atom. The van der Waals surface area contributed by atoms with Crippen molar-refractivity contribution >= 4 is 0 Å². The normalized spacial score (nSPS) is 25.3. The predicted molar refractivity (Wildman–Crippen MR) is 68.8 cm³/mol. The Balaban J connectivity index is 2.11. The van der Waals surface area contributed by atoms with E-state index in [1.54, 1.807) is 0 Å². The van der Waals surface area contributed by atoms with Crippen LogP contribution in [0.5, 0.6) is 0 Å². The number of ether oxygens (including phenoxy) is 1. The summed E-state index contributed by atoms with van der Waals surface area (Å²) in [6, 6.07) is 1.75. The Morgan fingerprint density at radius 1 is 1.31 bits per heavy atom. The van der Waals surface area contributed by atoms with Gasteiger partial charge in [0.15, 0.2) is 0 Å². The highest BCUT2D eigenvalue weighted by Crippen LogP contribution is 2.12. The fraction of sp³-hybridized carbons (Fsp3) is 1.00. The molecule has 1 aliphatic rings. The fourth-order valence-corrected chi connectivity index (χ4v) is 2.45. The molecule has 3 nitrogen and oxygen atoms in total. The van der Waals surface area contributed by atoms with Crippen LogP contribution in [-0.4, -0.2) is 37.9 Å². The van der Waals surface area contributed by atoms with Crippen molar-refractivity contribution in [1.82, 2.24) is 10.6 Å². The molecule has 0 saturated carbocycles. The van der Waals surface area contributed by atoms with Gasteiger partial charge in [0.1, 0.15) is 0 Å². The van der Waals surface area contributed by atoms with Crippen LogP contribution in [0.3, 0.4) is 0 Å². The van der Waals surface area contributed by atoms with E-state index >= 15 is 0 Å². The molecule has 0 spiro atoms. The Kier molecular flexibility index (Phi) is 7.01. The largest absolute Gasteiger partial charge is 0.380 e. The van der Waals surface area contributed by atoms with E-state index in [-0.39, 0.29) is 0 Å². The van der Waals surface area contributed by atoms with Crippen molar-refractivity contribution in [1.29, 1.82) is 0 Å². The van der Waals surface area contributed by atoms with Crippen molar-refractivity contribution in [2.24, 2.45) is 0 Å². The summed E-state index contributed by atoms with van der Waals surface area (Å²) in [7, 11) is 0. The van der Waals surface area contributed by atoms with Gasteiger partial charge in [0, 0.05) is 24.7 Å². The van der Waals surface area contributed by atoms with Gasteiger partial charge in [-0.25, -0.2) is 0 Å². The molecule has 96 valence electrons. The van der Waals surface area contributed by atoms with Crippen molar-refractivity contribution in [3.63, 3.8) is 0 Å². The van der Waals surface area contributed by atoms with Crippen molar-refractivity contribution in [3.05, 3.63) is 0 Å². The molecule has 2 N–H and O–H groups in total. The molecule has 0 aromatic carbocycles. The minimum atomic E-state index is 0.457. The molecule has 0 aliphatic carbocycles. The van der Waals surface area contributed by atoms with Crippen LogP contribution in [-0.2, 0) is 4.74 Å². The molecular formula is C13H28N2O. The first-order valence-electron chi connectivity index (χ1n) is 6.79. The van der Waals surface area contributed by atoms with E-state index in [0.29, 0.717) is 12.1 Å². The lowest BCUT2D eigenvalue weighted by molar-refractivity contribution is 0.123. The SMILES string of the molecule is CCOCC(C)NC(C)CC1CCCCN1. The first-order valence-corrected chi connectivity index (χ1v) is 6.79. The van der Waals surface area contributed by atoms with Crippen LogP contribution in [0.2, 0.25) is 0 Å². The highest BCUT2D eigenvalue weighted by Gasteiger charge is 2.16. The third-order valence-electron chi connectivity index (χ3n) is 3.19. The third-order valence-corrected chi connectivity index (χ3v) is 3.19. The van der Waals surface area contributed by atoms with Crippen LogP contribution < -0.4 is 10.6 Å². The van der Waals surface area contributed by atoms with Crippen LogP contribution in [0.1, 0.15) is 46.5 Å². The summed E-state index contributed by atoms with van der Waals surface area (Å²) in [6.45, 7) is 9.34. The van der Waals surface area contributed by atoms with Gasteiger partial charge in [0.05, 0.1) is 6.61 Å². The van der Waals surface area contributed by atoms with Gasteiger partial charge in [-0.3, -0.25) is 0 Å². The minimum absolute atomic E-state index is 0.457. The number of piperidine rings is 1. The van der Waals surface area contributed by atoms with Gasteiger partial charge < -0.3 is 15.4 Å². The van der Waals surface area contributed by atoms with E-state index in [1.165, 1.54) is 32.2 Å². The summed E-state index contributed by atoms with van der Waals surface area (Å²) in [6.07, 6.45) is 5.31. The van der Waals surface area contributed by atoms with Gasteiger partial charge in [-0.15, -0.1) is 0 Å². The molecule has 0 radical (unpaired) electrons. The molecule has 0 amide bonds. The number of hydrogen-bond donors (Lipinski definition) is 2. The summed E-state index contributed by atoms with van der Waals surface area (Å²) in [5.41, 5.74) is 0. The molecule has 1 heterocycles. The topological polar surface area (TPSA) is 33.3 Å². The molecule has 0 aromatic heterocycles. The van der Waals surface area contributed by atoms with Gasteiger partial charge in [-0.1, -0.05) is 6.42 Å². The van der Waals surface area contributed by atoms with Gasteiger partial charge in [0.25, 0.3) is 0 Å². The lowest BCUT2D eigenvalue weighted by Crippen LogP contribution is -2.43. The maximum absolute atomic E-state index is 5.41. The maximum atomic E-state index is 5.41. The molecule has 1 fully saturated rings. The lowest BCUT2D eigenvalue weighted by Gasteiger charge is -2.28. The Hall–Kier alpha value is -0.120. The number of hydrogen-bond acceptors (Lipinski definition) is 3. The van der Waals surface area contributed by atoms with Gasteiger partial charge in [-0.2, -0.15) is 0 Å². The quantitative estimate of drug-likeness (QED) is 0.698. The Bertz CT molecular complexity index is 169. The second kappa shape index (κ2) is 8.04. The highest BCUT2D eigenvalue weighted by atomic mass is 16.5. The zero-order valence-electron chi connectivity index (χ0n) is 11.1. The molecule has 3 unspecified atom stereocenters. The van der Waals surface area contributed by atoms with E-state index in [9.17, 15) is 0 Å². The van der Waals surface area contributed by atoms with Crippen molar-refractivity contribution in [2.45, 2.75) is 64.6 Å². The average Bonchev–Trinajstić information content (AvgIpc) is 2.27. The smallest absolute Gasteiger partial charge is 0.0616 e. The molecule has 3 atom stereocenters. The van der Waals surface area contributed by atoms with E-state index in [0.717, 1.165) is 19.3 Å². The fourth-order valence-electron chi connectivity index (χ4n) is 2.45. The Morgan fingerprint density at radius 3 is 2.75 bits per heavy atom. The van der Waals surface area contributed by atoms with Gasteiger partial charge in [-0.05, 0) is 46.6 Å². The molecular weight excluding hydrogens is 200 g/mol. The summed E-state index contributed by atoms with van der Waals surface area (Å²) in [5, 5.41) is 7.19. The molecule has 16 heavy (non-hydrogen) atoms. The summed E-state index contributed by atoms with van der Waals surface area (Å²) in [5.74, 6) is 0. The molecule has 0 aromatic rings. The number of nitrogens with one attached hydrogen (secondary N) is 2. The van der Waals surface area contributed by atoms with Crippen molar-refractivity contribution < 1.29 is 4.74 Å². The van der Waals surface area contributed by atoms with Crippen molar-refractivity contribution in [2.75, 3.05) is 19.8 Å². The predicted octanol–water partition coefficient (Wildman–Crippen LogP) is 1.92. The van der Waals surface area contributed by atoms with Gasteiger partial charge >= 0.3 is 0 Å². The van der Waals surface area contributed by atoms with E-state index < -0.39 is 0 Å². The summed E-state index contributed by atoms with van der Waals surface area (Å²) in [4.78, 5) is 0. The molecule has 0 bridgehead atoms. The third kappa shape index (κ3) is 5.83. The second-order valence-electron chi connectivity index (χ2n) is 5.01. The van der Waals surface area contributed by atoms with Crippen LogP contribution in [0.25, 0.3) is 0 Å². The molecule has 3 heteroatoms. The average molecular weight is 228 g/mol. The first-order chi connectivity index (χ1) is 7.72. The Labute approximate surface area is 100 Å². The lowest BCUT2D eigenvalue weighted by atomic mass is 9.98. The van der Waals surface area contributed by atoms with Crippen LogP contribution in [0.4, 0.5) is 0 Å². The molecule has 1 aliphatic heterocycles. The first kappa shape index (κ1) is 13.9. The highest BCUT2D eigenvalue weighted by molar-refractivity contribution is 4.78. The maximum Gasteiger partial charge on any atom is 0.0616 e. The zero-order chi connectivity index (χ0) is 11.8. The van der Waals surface area contributed by atoms with Crippen LogP contribution in [0.15, 0.2) is 0 Å². The van der Waals surface area contributed by atoms with Crippen LogP contribution >= 0.6 is 0 Å². The van der Waals surface area contributed by atoms with Gasteiger partial charge in [0.2, 0.25) is 0 Å². The van der Waals surface area contributed by atoms with E-state index in [1.807, 2.05) is 6.92 Å². The second-order valence-corrected chi connectivity index (χ2v) is 5.01. The van der Waals surface area contributed by atoms with Crippen LogP contribution in [0, 0.1) is 0 Å². The molecule has 1 rings (SSSR count). The van der Waals surface area contributed by atoms with Crippen molar-refractivity contribution in [3.8, 4) is 0 Å². The number of rotatable bonds is 7. The minimum Gasteiger partial charge on any atom is -0.380 e. The molecule has 1 saturated heterocycles. The standard InChI is InChI=1S/C13H28N2O/c1-4-16-10-12(3)15-11(2)9-13-7-5-6-8-14-13/h11-15H,4-10H2,1-3H3. The monoisotopic (exact) mass is 228 g/mol. The van der Waals surface area contributed by atoms with E-state index in [2.05, 4.69) is 24.5 Å².